The van der Waals surface area contributed by atoms with Gasteiger partial charge in [0.2, 0.25) is 0 Å². The highest BCUT2D eigenvalue weighted by Gasteiger charge is 2.09. The third-order valence-corrected chi connectivity index (χ3v) is 3.83. The van der Waals surface area contributed by atoms with Crippen molar-refractivity contribution in [2.45, 2.75) is 13.8 Å². The van der Waals surface area contributed by atoms with E-state index in [-0.39, 0.29) is 5.91 Å². The number of nitrogens with one attached hydrogen (secondary N) is 1. The molecule has 0 saturated heterocycles. The number of carbonyl (C=O) groups excluding carboxylic acids is 1. The number of hydrogen-bond acceptors (Lipinski definition) is 4. The average Bonchev–Trinajstić information content (AvgIpc) is 2.89. The fourth-order valence-corrected chi connectivity index (χ4v) is 2.67. The molecule has 0 aliphatic rings. The van der Waals surface area contributed by atoms with Gasteiger partial charge in [-0.05, 0) is 55.2 Å². The molecule has 1 aromatic heterocycles. The van der Waals surface area contributed by atoms with Gasteiger partial charge in [0.05, 0.1) is 4.70 Å². The van der Waals surface area contributed by atoms with E-state index in [9.17, 15) is 4.79 Å². The van der Waals surface area contributed by atoms with Crippen molar-refractivity contribution in [1.29, 1.82) is 0 Å². The van der Waals surface area contributed by atoms with E-state index in [2.05, 4.69) is 14.9 Å². The van der Waals surface area contributed by atoms with Crippen molar-refractivity contribution in [3.8, 4) is 0 Å². The molecule has 100 valence electrons. The first-order valence-electron chi connectivity index (χ1n) is 6.24. The van der Waals surface area contributed by atoms with E-state index in [1.54, 1.807) is 6.07 Å². The third kappa shape index (κ3) is 2.40. The van der Waals surface area contributed by atoms with Crippen molar-refractivity contribution < 1.29 is 4.79 Å². The van der Waals surface area contributed by atoms with Gasteiger partial charge in [0, 0.05) is 11.3 Å². The van der Waals surface area contributed by atoms with Crippen LogP contribution in [0.5, 0.6) is 0 Å². The summed E-state index contributed by atoms with van der Waals surface area (Å²) in [5.41, 5.74) is 4.50. The Morgan fingerprint density at radius 3 is 2.80 bits per heavy atom. The van der Waals surface area contributed by atoms with Gasteiger partial charge in [0.25, 0.3) is 5.91 Å². The summed E-state index contributed by atoms with van der Waals surface area (Å²) in [7, 11) is 0. The maximum Gasteiger partial charge on any atom is 0.255 e. The van der Waals surface area contributed by atoms with Crippen LogP contribution in [0.4, 0.5) is 5.69 Å². The van der Waals surface area contributed by atoms with Crippen molar-refractivity contribution in [3.63, 3.8) is 0 Å². The molecule has 0 atom stereocenters. The zero-order valence-corrected chi connectivity index (χ0v) is 12.0. The molecule has 3 rings (SSSR count). The van der Waals surface area contributed by atoms with Gasteiger partial charge in [0.1, 0.15) is 5.52 Å². The van der Waals surface area contributed by atoms with Gasteiger partial charge in [-0.25, -0.2) is 0 Å². The first-order chi connectivity index (χ1) is 9.63. The quantitative estimate of drug-likeness (QED) is 0.782. The number of anilines is 1. The van der Waals surface area contributed by atoms with Crippen molar-refractivity contribution in [1.82, 2.24) is 9.59 Å². The van der Waals surface area contributed by atoms with Crippen molar-refractivity contribution in [2.24, 2.45) is 0 Å². The van der Waals surface area contributed by atoms with Crippen molar-refractivity contribution in [3.05, 3.63) is 53.1 Å². The summed E-state index contributed by atoms with van der Waals surface area (Å²) < 4.78 is 4.78. The van der Waals surface area contributed by atoms with Gasteiger partial charge in [-0.3, -0.25) is 4.79 Å². The van der Waals surface area contributed by atoms with Gasteiger partial charge in [-0.15, -0.1) is 5.10 Å². The topological polar surface area (TPSA) is 54.9 Å². The predicted octanol–water partition coefficient (Wildman–Crippen LogP) is 3.56. The molecule has 0 aliphatic carbocycles. The Labute approximate surface area is 120 Å². The molecule has 1 N–H and O–H groups in total. The Morgan fingerprint density at radius 2 is 2.00 bits per heavy atom. The normalized spacial score (nSPS) is 10.7. The molecule has 0 unspecified atom stereocenters. The van der Waals surface area contributed by atoms with E-state index >= 15 is 0 Å². The van der Waals surface area contributed by atoms with E-state index in [1.807, 2.05) is 44.2 Å². The van der Waals surface area contributed by atoms with E-state index < -0.39 is 0 Å². The monoisotopic (exact) mass is 283 g/mol. The summed E-state index contributed by atoms with van der Waals surface area (Å²) in [5.74, 6) is -0.118. The number of hydrogen-bond donors (Lipinski definition) is 1. The molecule has 0 aliphatic heterocycles. The second-order valence-corrected chi connectivity index (χ2v) is 5.51. The van der Waals surface area contributed by atoms with Crippen LogP contribution in [0.25, 0.3) is 10.2 Å². The smallest absolute Gasteiger partial charge is 0.255 e. The molecule has 0 radical (unpaired) electrons. The standard InChI is InChI=1S/C15H13N3OS/c1-9-3-5-12(10(2)7-9)16-15(19)11-4-6-13-14(8-11)20-18-17-13/h3-8H,1-2H3,(H,16,19). The number of aryl methyl sites for hydroxylation is 2. The molecule has 0 spiro atoms. The van der Waals surface area contributed by atoms with Crippen LogP contribution < -0.4 is 5.32 Å². The zero-order chi connectivity index (χ0) is 14.1. The number of aromatic nitrogens is 2. The number of benzene rings is 2. The molecule has 0 bridgehead atoms. The second kappa shape index (κ2) is 5.02. The molecule has 4 nitrogen and oxygen atoms in total. The van der Waals surface area contributed by atoms with E-state index in [1.165, 1.54) is 17.1 Å². The SMILES string of the molecule is Cc1ccc(NC(=O)c2ccc3nnsc3c2)c(C)c1. The lowest BCUT2D eigenvalue weighted by atomic mass is 10.1. The predicted molar refractivity (Wildman–Crippen MR) is 81.3 cm³/mol. The first kappa shape index (κ1) is 12.7. The van der Waals surface area contributed by atoms with E-state index in [0.717, 1.165) is 21.5 Å². The summed E-state index contributed by atoms with van der Waals surface area (Å²) in [4.78, 5) is 12.3. The van der Waals surface area contributed by atoms with Crippen LogP contribution in [0.2, 0.25) is 0 Å². The molecule has 5 heteroatoms. The third-order valence-electron chi connectivity index (χ3n) is 3.14. The minimum atomic E-state index is -0.118. The molecule has 2 aromatic carbocycles. The molecular formula is C15H13N3OS. The van der Waals surface area contributed by atoms with Crippen LogP contribution in [0.15, 0.2) is 36.4 Å². The highest BCUT2D eigenvalue weighted by molar-refractivity contribution is 7.12. The molecular weight excluding hydrogens is 270 g/mol. The number of carbonyl (C=O) groups is 1. The van der Waals surface area contributed by atoms with Crippen molar-refractivity contribution in [2.75, 3.05) is 5.32 Å². The van der Waals surface area contributed by atoms with Crippen LogP contribution in [0.3, 0.4) is 0 Å². The van der Waals surface area contributed by atoms with Crippen LogP contribution in [0, 0.1) is 13.8 Å². The van der Waals surface area contributed by atoms with Crippen LogP contribution in [0.1, 0.15) is 21.5 Å². The molecule has 0 saturated carbocycles. The Kier molecular flexibility index (Phi) is 3.20. The summed E-state index contributed by atoms with van der Waals surface area (Å²) in [5, 5.41) is 6.90. The van der Waals surface area contributed by atoms with Gasteiger partial charge >= 0.3 is 0 Å². The van der Waals surface area contributed by atoms with Crippen LogP contribution in [-0.4, -0.2) is 15.5 Å². The Bertz CT molecular complexity index is 795. The van der Waals surface area contributed by atoms with Crippen LogP contribution >= 0.6 is 11.5 Å². The van der Waals surface area contributed by atoms with E-state index in [0.29, 0.717) is 5.56 Å². The molecule has 0 fully saturated rings. The highest BCUT2D eigenvalue weighted by Crippen LogP contribution is 2.20. The van der Waals surface area contributed by atoms with Gasteiger partial charge < -0.3 is 5.32 Å². The lowest BCUT2D eigenvalue weighted by Crippen LogP contribution is -2.12. The Morgan fingerprint density at radius 1 is 1.15 bits per heavy atom. The zero-order valence-electron chi connectivity index (χ0n) is 11.2. The average molecular weight is 283 g/mol. The van der Waals surface area contributed by atoms with Crippen molar-refractivity contribution >= 4 is 33.3 Å². The summed E-state index contributed by atoms with van der Waals surface area (Å²) in [6.45, 7) is 4.02. The summed E-state index contributed by atoms with van der Waals surface area (Å²) >= 11 is 1.29. The van der Waals surface area contributed by atoms with Crippen LogP contribution in [-0.2, 0) is 0 Å². The maximum atomic E-state index is 12.3. The van der Waals surface area contributed by atoms with Gasteiger partial charge in [-0.1, -0.05) is 22.2 Å². The minimum absolute atomic E-state index is 0.118. The Balaban J connectivity index is 1.88. The molecule has 1 heterocycles. The first-order valence-corrected chi connectivity index (χ1v) is 7.01. The fraction of sp³-hybridized carbons (Fsp3) is 0.133. The molecule has 1 amide bonds. The molecule has 20 heavy (non-hydrogen) atoms. The lowest BCUT2D eigenvalue weighted by molar-refractivity contribution is 0.102. The fourth-order valence-electron chi connectivity index (χ4n) is 2.07. The number of fused-ring (bicyclic) bond motifs is 1. The summed E-state index contributed by atoms with van der Waals surface area (Å²) in [6.07, 6.45) is 0. The highest BCUT2D eigenvalue weighted by atomic mass is 32.1. The maximum absolute atomic E-state index is 12.3. The number of nitrogens with zero attached hydrogens (tertiary/aromatic N) is 2. The van der Waals surface area contributed by atoms with Gasteiger partial charge in [-0.2, -0.15) is 0 Å². The minimum Gasteiger partial charge on any atom is -0.322 e. The lowest BCUT2D eigenvalue weighted by Gasteiger charge is -2.09. The molecule has 3 aromatic rings. The number of amides is 1. The second-order valence-electron chi connectivity index (χ2n) is 4.73. The summed E-state index contributed by atoms with van der Waals surface area (Å²) in [6, 6.07) is 11.4. The van der Waals surface area contributed by atoms with Gasteiger partial charge in [0.15, 0.2) is 0 Å². The Hall–Kier alpha value is -2.27. The van der Waals surface area contributed by atoms with E-state index in [4.69, 9.17) is 0 Å². The number of rotatable bonds is 2. The largest absolute Gasteiger partial charge is 0.322 e.